The Labute approximate surface area is 176 Å². The van der Waals surface area contributed by atoms with E-state index in [2.05, 4.69) is 10.2 Å². The molecule has 1 saturated heterocycles. The van der Waals surface area contributed by atoms with Crippen molar-refractivity contribution in [2.45, 2.75) is 32.2 Å². The Morgan fingerprint density at radius 2 is 1.93 bits per heavy atom. The molecule has 1 N–H and O–H groups in total. The van der Waals surface area contributed by atoms with E-state index in [1.165, 1.54) is 25.9 Å². The highest BCUT2D eigenvalue weighted by Crippen LogP contribution is 2.31. The SMILES string of the molecule is C[C@H](C(=O)NCCCN1CCCC1)n1nc(-c2ccccc2)c2cc(Cl)ccc21. The first-order valence-corrected chi connectivity index (χ1v) is 10.7. The minimum Gasteiger partial charge on any atom is -0.354 e. The second-order valence-corrected chi connectivity index (χ2v) is 8.13. The van der Waals surface area contributed by atoms with Gasteiger partial charge in [-0.1, -0.05) is 41.9 Å². The van der Waals surface area contributed by atoms with E-state index in [0.717, 1.165) is 35.1 Å². The van der Waals surface area contributed by atoms with Crippen molar-refractivity contribution in [3.8, 4) is 11.3 Å². The number of halogens is 1. The zero-order valence-electron chi connectivity index (χ0n) is 16.8. The van der Waals surface area contributed by atoms with Gasteiger partial charge in [-0.05, 0) is 64.0 Å². The number of benzene rings is 2. The number of fused-ring (bicyclic) bond motifs is 1. The molecule has 1 aliphatic heterocycles. The largest absolute Gasteiger partial charge is 0.354 e. The van der Waals surface area contributed by atoms with Gasteiger partial charge < -0.3 is 10.2 Å². The highest BCUT2D eigenvalue weighted by atomic mass is 35.5. The molecule has 1 aliphatic rings. The van der Waals surface area contributed by atoms with Gasteiger partial charge in [0.15, 0.2) is 0 Å². The van der Waals surface area contributed by atoms with Crippen molar-refractivity contribution in [1.29, 1.82) is 0 Å². The summed E-state index contributed by atoms with van der Waals surface area (Å²) in [5, 5.41) is 9.50. The van der Waals surface area contributed by atoms with Crippen molar-refractivity contribution in [1.82, 2.24) is 20.0 Å². The van der Waals surface area contributed by atoms with Crippen LogP contribution in [0.15, 0.2) is 48.5 Å². The molecular formula is C23H27ClN4O. The van der Waals surface area contributed by atoms with Crippen LogP contribution < -0.4 is 5.32 Å². The van der Waals surface area contributed by atoms with Crippen molar-refractivity contribution in [3.63, 3.8) is 0 Å². The first-order chi connectivity index (χ1) is 14.1. The van der Waals surface area contributed by atoms with Crippen LogP contribution in [0.1, 0.15) is 32.2 Å². The average molecular weight is 411 g/mol. The van der Waals surface area contributed by atoms with Gasteiger partial charge in [-0.15, -0.1) is 0 Å². The molecule has 0 spiro atoms. The minimum absolute atomic E-state index is 0.00890. The lowest BCUT2D eigenvalue weighted by Gasteiger charge is -2.16. The van der Waals surface area contributed by atoms with Gasteiger partial charge in [0.05, 0.1) is 5.52 Å². The summed E-state index contributed by atoms with van der Waals surface area (Å²) in [6.45, 7) is 6.01. The Bertz CT molecular complexity index is 979. The second-order valence-electron chi connectivity index (χ2n) is 7.69. The number of hydrogen-bond acceptors (Lipinski definition) is 3. The number of amides is 1. The molecule has 29 heavy (non-hydrogen) atoms. The molecule has 0 unspecified atom stereocenters. The van der Waals surface area contributed by atoms with Gasteiger partial charge >= 0.3 is 0 Å². The summed E-state index contributed by atoms with van der Waals surface area (Å²) in [7, 11) is 0. The number of carbonyl (C=O) groups is 1. The molecule has 1 fully saturated rings. The molecule has 152 valence electrons. The normalized spacial score (nSPS) is 15.7. The van der Waals surface area contributed by atoms with Crippen molar-refractivity contribution in [3.05, 3.63) is 53.6 Å². The van der Waals surface area contributed by atoms with Gasteiger partial charge in [-0.25, -0.2) is 0 Å². The van der Waals surface area contributed by atoms with E-state index in [9.17, 15) is 4.79 Å². The Morgan fingerprint density at radius 3 is 2.69 bits per heavy atom. The quantitative estimate of drug-likeness (QED) is 0.582. The number of aromatic nitrogens is 2. The fraction of sp³-hybridized carbons (Fsp3) is 0.391. The topological polar surface area (TPSA) is 50.2 Å². The molecule has 1 amide bonds. The van der Waals surface area contributed by atoms with Gasteiger partial charge in [0.25, 0.3) is 0 Å². The molecule has 0 saturated carbocycles. The van der Waals surface area contributed by atoms with Crippen LogP contribution in [0.5, 0.6) is 0 Å². The van der Waals surface area contributed by atoms with Crippen molar-refractivity contribution < 1.29 is 4.79 Å². The molecular weight excluding hydrogens is 384 g/mol. The van der Waals surface area contributed by atoms with Gasteiger partial charge in [0.2, 0.25) is 5.91 Å². The van der Waals surface area contributed by atoms with E-state index in [-0.39, 0.29) is 5.91 Å². The number of hydrogen-bond donors (Lipinski definition) is 1. The lowest BCUT2D eigenvalue weighted by molar-refractivity contribution is -0.124. The van der Waals surface area contributed by atoms with Gasteiger partial charge in [0.1, 0.15) is 11.7 Å². The third kappa shape index (κ3) is 4.46. The average Bonchev–Trinajstić information content (AvgIpc) is 3.39. The zero-order chi connectivity index (χ0) is 20.2. The maximum atomic E-state index is 12.8. The molecule has 2 heterocycles. The summed E-state index contributed by atoms with van der Waals surface area (Å²) in [6, 6.07) is 15.3. The maximum Gasteiger partial charge on any atom is 0.244 e. The lowest BCUT2D eigenvalue weighted by atomic mass is 10.1. The smallest absolute Gasteiger partial charge is 0.244 e. The van der Waals surface area contributed by atoms with Crippen LogP contribution in [0.2, 0.25) is 5.02 Å². The third-order valence-electron chi connectivity index (χ3n) is 5.61. The molecule has 1 atom stereocenters. The van der Waals surface area contributed by atoms with Crippen molar-refractivity contribution in [2.75, 3.05) is 26.2 Å². The van der Waals surface area contributed by atoms with Gasteiger partial charge in [-0.2, -0.15) is 5.10 Å². The van der Waals surface area contributed by atoms with Crippen LogP contribution in [-0.2, 0) is 4.79 Å². The van der Waals surface area contributed by atoms with E-state index in [1.54, 1.807) is 0 Å². The monoisotopic (exact) mass is 410 g/mol. The van der Waals surface area contributed by atoms with Crippen LogP contribution in [-0.4, -0.2) is 46.8 Å². The molecule has 6 heteroatoms. The highest BCUT2D eigenvalue weighted by molar-refractivity contribution is 6.31. The van der Waals surface area contributed by atoms with E-state index in [1.807, 2.05) is 60.1 Å². The van der Waals surface area contributed by atoms with Crippen LogP contribution in [0.25, 0.3) is 22.2 Å². The molecule has 0 bridgehead atoms. The fourth-order valence-electron chi connectivity index (χ4n) is 4.00. The summed E-state index contributed by atoms with van der Waals surface area (Å²) >= 11 is 6.25. The molecule has 3 aromatic rings. The van der Waals surface area contributed by atoms with Crippen molar-refractivity contribution in [2.24, 2.45) is 0 Å². The Hall–Kier alpha value is -2.37. The predicted molar refractivity (Wildman–Crippen MR) is 118 cm³/mol. The third-order valence-corrected chi connectivity index (χ3v) is 5.85. The molecule has 4 rings (SSSR count). The summed E-state index contributed by atoms with van der Waals surface area (Å²) in [6.07, 6.45) is 3.57. The first-order valence-electron chi connectivity index (χ1n) is 10.4. The predicted octanol–water partition coefficient (Wildman–Crippen LogP) is 4.52. The fourth-order valence-corrected chi connectivity index (χ4v) is 4.17. The van der Waals surface area contributed by atoms with E-state index >= 15 is 0 Å². The van der Waals surface area contributed by atoms with E-state index < -0.39 is 6.04 Å². The maximum absolute atomic E-state index is 12.8. The Kier molecular flexibility index (Phi) is 6.16. The van der Waals surface area contributed by atoms with E-state index in [0.29, 0.717) is 11.6 Å². The summed E-state index contributed by atoms with van der Waals surface area (Å²) in [4.78, 5) is 15.2. The van der Waals surface area contributed by atoms with Crippen LogP contribution in [0, 0.1) is 0 Å². The molecule has 2 aromatic carbocycles. The minimum atomic E-state index is -0.400. The second kappa shape index (κ2) is 8.97. The van der Waals surface area contributed by atoms with E-state index in [4.69, 9.17) is 16.7 Å². The standard InChI is InChI=1S/C23H27ClN4O/c1-17(23(29)25-12-7-15-27-13-5-6-14-27)28-21-11-10-19(24)16-20(21)22(26-28)18-8-3-2-4-9-18/h2-4,8-11,16-17H,5-7,12-15H2,1H3,(H,25,29)/t17-/m1/s1. The molecule has 0 radical (unpaired) electrons. The van der Waals surface area contributed by atoms with Crippen LogP contribution >= 0.6 is 11.6 Å². The number of nitrogens with zero attached hydrogens (tertiary/aromatic N) is 3. The molecule has 5 nitrogen and oxygen atoms in total. The zero-order valence-corrected chi connectivity index (χ0v) is 17.5. The van der Waals surface area contributed by atoms with Crippen LogP contribution in [0.4, 0.5) is 0 Å². The summed E-state index contributed by atoms with van der Waals surface area (Å²) in [5.41, 5.74) is 2.77. The summed E-state index contributed by atoms with van der Waals surface area (Å²) in [5.74, 6) is -0.00890. The van der Waals surface area contributed by atoms with Crippen LogP contribution in [0.3, 0.4) is 0 Å². The number of nitrogens with one attached hydrogen (secondary N) is 1. The van der Waals surface area contributed by atoms with Crippen molar-refractivity contribution >= 4 is 28.4 Å². The first kappa shape index (κ1) is 19.9. The molecule has 1 aromatic heterocycles. The summed E-state index contributed by atoms with van der Waals surface area (Å²) < 4.78 is 1.81. The number of rotatable bonds is 7. The molecule has 0 aliphatic carbocycles. The highest BCUT2D eigenvalue weighted by Gasteiger charge is 2.21. The number of likely N-dealkylation sites (tertiary alicyclic amines) is 1. The number of carbonyl (C=O) groups excluding carboxylic acids is 1. The van der Waals surface area contributed by atoms with Gasteiger partial charge in [0, 0.05) is 22.5 Å². The Morgan fingerprint density at radius 1 is 1.17 bits per heavy atom. The Balaban J connectivity index is 1.51. The van der Waals surface area contributed by atoms with Gasteiger partial charge in [-0.3, -0.25) is 9.48 Å². The lowest BCUT2D eigenvalue weighted by Crippen LogP contribution is -2.33.